The summed E-state index contributed by atoms with van der Waals surface area (Å²) in [4.78, 5) is 2.39. The summed E-state index contributed by atoms with van der Waals surface area (Å²) in [5, 5.41) is 9.05. The molecule has 1 aliphatic carbocycles. The second-order valence-electron chi connectivity index (χ2n) is 10.4. The number of halogens is 5. The van der Waals surface area contributed by atoms with Crippen LogP contribution < -0.4 is 4.74 Å². The van der Waals surface area contributed by atoms with Crippen molar-refractivity contribution in [1.82, 2.24) is 4.90 Å². The molecule has 224 valence electrons. The maximum absolute atomic E-state index is 14.4. The first-order chi connectivity index (χ1) is 20.1. The Hall–Kier alpha value is -2.78. The normalized spacial score (nSPS) is 15.0. The molecule has 3 nitrogen and oxygen atoms in total. The maximum Gasteiger partial charge on any atom is 0.417 e. The average molecular weight is 620 g/mol. The first kappa shape index (κ1) is 32.1. The topological polar surface area (TPSA) is 32.7 Å². The van der Waals surface area contributed by atoms with Crippen LogP contribution in [0.5, 0.6) is 5.75 Å². The predicted octanol–water partition coefficient (Wildman–Crippen LogP) is 9.00. The van der Waals surface area contributed by atoms with Gasteiger partial charge in [0.1, 0.15) is 11.6 Å². The van der Waals surface area contributed by atoms with E-state index in [1.807, 2.05) is 25.1 Å². The fourth-order valence-corrected chi connectivity index (χ4v) is 5.71. The minimum absolute atomic E-state index is 0.00425. The first-order valence-electron chi connectivity index (χ1n) is 13.8. The zero-order valence-electron chi connectivity index (χ0n) is 23.2. The Morgan fingerprint density at radius 2 is 1.83 bits per heavy atom. The minimum atomic E-state index is -4.56. The highest BCUT2D eigenvalue weighted by Gasteiger charge is 2.34. The van der Waals surface area contributed by atoms with E-state index in [9.17, 15) is 22.7 Å². The van der Waals surface area contributed by atoms with E-state index in [0.717, 1.165) is 30.0 Å². The molecular weight excluding hydrogens is 586 g/mol. The van der Waals surface area contributed by atoms with Crippen LogP contribution in [0.25, 0.3) is 0 Å². The highest BCUT2D eigenvalue weighted by Crippen LogP contribution is 2.37. The third kappa shape index (κ3) is 8.40. The Kier molecular flexibility index (Phi) is 11.2. The molecule has 0 saturated carbocycles. The van der Waals surface area contributed by atoms with Crippen LogP contribution in [0.15, 0.2) is 89.4 Å². The number of hydrogen-bond acceptors (Lipinski definition) is 4. The molecule has 0 aliphatic heterocycles. The minimum Gasteiger partial charge on any atom is -0.491 e. The van der Waals surface area contributed by atoms with Gasteiger partial charge in [0, 0.05) is 42.1 Å². The molecule has 0 spiro atoms. The molecule has 0 radical (unpaired) electrons. The van der Waals surface area contributed by atoms with Gasteiger partial charge in [-0.05, 0) is 55.0 Å². The second-order valence-corrected chi connectivity index (χ2v) is 11.3. The third-order valence-corrected chi connectivity index (χ3v) is 8.18. The summed E-state index contributed by atoms with van der Waals surface area (Å²) in [5.74, 6) is -0.322. The summed E-state index contributed by atoms with van der Waals surface area (Å²) in [6.45, 7) is 2.61. The van der Waals surface area contributed by atoms with Gasteiger partial charge in [-0.15, -0.1) is 12.6 Å². The van der Waals surface area contributed by atoms with Gasteiger partial charge >= 0.3 is 6.18 Å². The van der Waals surface area contributed by atoms with Gasteiger partial charge in [0.05, 0.1) is 23.3 Å². The smallest absolute Gasteiger partial charge is 0.417 e. The molecule has 2 atom stereocenters. The van der Waals surface area contributed by atoms with Crippen LogP contribution in [0.2, 0.25) is 5.02 Å². The summed E-state index contributed by atoms with van der Waals surface area (Å²) >= 11 is 10.6. The van der Waals surface area contributed by atoms with Gasteiger partial charge in [-0.2, -0.15) is 13.2 Å². The molecule has 0 fully saturated rings. The Labute approximate surface area is 254 Å². The van der Waals surface area contributed by atoms with Crippen molar-refractivity contribution in [2.45, 2.75) is 62.4 Å². The fourth-order valence-electron chi connectivity index (χ4n) is 5.11. The number of allylic oxidation sites excluding steroid dienone is 3. The second kappa shape index (κ2) is 14.6. The number of nitrogens with zero attached hydrogens (tertiary/aromatic N) is 1. The quantitative estimate of drug-likeness (QED) is 0.157. The van der Waals surface area contributed by atoms with Gasteiger partial charge < -0.3 is 9.84 Å². The molecule has 1 N–H and O–H groups in total. The lowest BCUT2D eigenvalue weighted by atomic mass is 9.87. The van der Waals surface area contributed by atoms with Crippen molar-refractivity contribution >= 4 is 24.2 Å². The van der Waals surface area contributed by atoms with Crippen molar-refractivity contribution in [3.05, 3.63) is 118 Å². The van der Waals surface area contributed by atoms with Gasteiger partial charge in [0.2, 0.25) is 0 Å². The van der Waals surface area contributed by atoms with E-state index in [1.54, 1.807) is 12.1 Å². The Morgan fingerprint density at radius 1 is 1.07 bits per heavy atom. The number of thiol groups is 1. The molecular formula is C33H34ClF4NO2S. The monoisotopic (exact) mass is 619 g/mol. The summed E-state index contributed by atoms with van der Waals surface area (Å²) < 4.78 is 61.2. The van der Waals surface area contributed by atoms with E-state index in [4.69, 9.17) is 16.3 Å². The standard InChI is InChI=1S/C33H34ClF4NO2S/c1-22(41-26-17-30(35)28(21-40)31(42)18-26)15-16-39(19-25-13-8-14-29(32(25)34)33(36,37)38)20-27(23-9-4-2-5-10-23)24-11-6-3-7-12-24/h2,4-6,8-14,17-18,22,27,40,42H,3,7,15-16,19-21H2,1H3. The number of hydrogen-bond donors (Lipinski definition) is 2. The molecule has 0 aromatic heterocycles. The van der Waals surface area contributed by atoms with E-state index in [2.05, 4.69) is 47.9 Å². The Balaban J connectivity index is 1.59. The Morgan fingerprint density at radius 3 is 2.48 bits per heavy atom. The van der Waals surface area contributed by atoms with Crippen LogP contribution in [0.1, 0.15) is 54.4 Å². The average Bonchev–Trinajstić information content (AvgIpc) is 2.95. The predicted molar refractivity (Wildman–Crippen MR) is 162 cm³/mol. The molecule has 3 aromatic rings. The molecule has 1 aliphatic rings. The molecule has 2 unspecified atom stereocenters. The number of rotatable bonds is 12. The number of aliphatic hydroxyl groups excluding tert-OH is 1. The lowest BCUT2D eigenvalue weighted by molar-refractivity contribution is -0.137. The summed E-state index contributed by atoms with van der Waals surface area (Å²) in [6, 6.07) is 16.8. The summed E-state index contributed by atoms with van der Waals surface area (Å²) in [6.07, 6.45) is 4.00. The maximum atomic E-state index is 14.4. The summed E-state index contributed by atoms with van der Waals surface area (Å²) in [5.41, 5.74) is 1.91. The molecule has 0 amide bonds. The van der Waals surface area contributed by atoms with Crippen molar-refractivity contribution in [2.75, 3.05) is 13.1 Å². The van der Waals surface area contributed by atoms with Crippen LogP contribution in [0.4, 0.5) is 17.6 Å². The van der Waals surface area contributed by atoms with E-state index in [1.165, 1.54) is 12.1 Å². The number of alkyl halides is 3. The van der Waals surface area contributed by atoms with Gasteiger partial charge in [-0.1, -0.05) is 72.3 Å². The van der Waals surface area contributed by atoms with E-state index in [0.29, 0.717) is 30.0 Å². The molecule has 0 bridgehead atoms. The van der Waals surface area contributed by atoms with Gasteiger partial charge in [0.15, 0.2) is 0 Å². The molecule has 3 aromatic carbocycles. The molecule has 42 heavy (non-hydrogen) atoms. The van der Waals surface area contributed by atoms with Crippen LogP contribution in [-0.4, -0.2) is 29.2 Å². The van der Waals surface area contributed by atoms with Crippen molar-refractivity contribution < 1.29 is 27.4 Å². The van der Waals surface area contributed by atoms with E-state index in [-0.39, 0.29) is 34.9 Å². The van der Waals surface area contributed by atoms with Crippen molar-refractivity contribution in [3.63, 3.8) is 0 Å². The number of benzene rings is 3. The van der Waals surface area contributed by atoms with Crippen molar-refractivity contribution in [1.29, 1.82) is 0 Å². The Bertz CT molecular complexity index is 1390. The van der Waals surface area contributed by atoms with Gasteiger partial charge in [-0.25, -0.2) is 4.39 Å². The molecule has 9 heteroatoms. The summed E-state index contributed by atoms with van der Waals surface area (Å²) in [7, 11) is 0. The van der Waals surface area contributed by atoms with Gasteiger partial charge in [0.25, 0.3) is 0 Å². The fraction of sp³-hybridized carbons (Fsp3) is 0.333. The van der Waals surface area contributed by atoms with Crippen molar-refractivity contribution in [3.8, 4) is 5.75 Å². The molecule has 0 heterocycles. The van der Waals surface area contributed by atoms with Crippen LogP contribution in [0, 0.1) is 5.82 Å². The van der Waals surface area contributed by atoms with E-state index < -0.39 is 24.2 Å². The molecule has 0 saturated heterocycles. The lowest BCUT2D eigenvalue weighted by Gasteiger charge is -2.31. The molecule has 4 rings (SSSR count). The highest BCUT2D eigenvalue weighted by atomic mass is 35.5. The third-order valence-electron chi connectivity index (χ3n) is 7.34. The SMILES string of the molecule is CC(CCN(Cc1cccc(C(F)(F)F)c1Cl)CC(C1=CCCC=C1)c1ccccc1)Oc1cc(F)c(CO)c(S)c1. The van der Waals surface area contributed by atoms with Crippen LogP contribution in [-0.2, 0) is 19.3 Å². The zero-order valence-corrected chi connectivity index (χ0v) is 24.9. The lowest BCUT2D eigenvalue weighted by Crippen LogP contribution is -2.32. The van der Waals surface area contributed by atoms with Crippen LogP contribution in [0.3, 0.4) is 0 Å². The largest absolute Gasteiger partial charge is 0.491 e. The first-order valence-corrected chi connectivity index (χ1v) is 14.7. The van der Waals surface area contributed by atoms with Crippen LogP contribution >= 0.6 is 24.2 Å². The van der Waals surface area contributed by atoms with E-state index >= 15 is 0 Å². The van der Waals surface area contributed by atoms with Gasteiger partial charge in [-0.3, -0.25) is 4.90 Å². The number of aliphatic hydroxyl groups is 1. The highest BCUT2D eigenvalue weighted by molar-refractivity contribution is 7.80. The van der Waals surface area contributed by atoms with Crippen molar-refractivity contribution in [2.24, 2.45) is 0 Å². The zero-order chi connectivity index (χ0) is 30.3. The number of ether oxygens (including phenoxy) is 1.